The van der Waals surface area contributed by atoms with Crippen LogP contribution in [0.4, 0.5) is 0 Å². The molecule has 2 N–H and O–H groups in total. The second-order valence-corrected chi connectivity index (χ2v) is 6.99. The Balaban J connectivity index is 0.00000312. The number of aliphatic imine (C=N–C) groups is 1. The van der Waals surface area contributed by atoms with Crippen molar-refractivity contribution in [3.8, 4) is 0 Å². The van der Waals surface area contributed by atoms with Crippen molar-refractivity contribution >= 4 is 41.5 Å². The molecule has 6 nitrogen and oxygen atoms in total. The Morgan fingerprint density at radius 2 is 2.08 bits per heavy atom. The molecule has 1 heterocycles. The second-order valence-electron chi connectivity index (χ2n) is 6.55. The van der Waals surface area contributed by atoms with Gasteiger partial charge in [-0.2, -0.15) is 5.10 Å². The summed E-state index contributed by atoms with van der Waals surface area (Å²) < 4.78 is 1.74. The molecule has 2 aromatic rings. The zero-order chi connectivity index (χ0) is 17.6. The second kappa shape index (κ2) is 9.96. The van der Waals surface area contributed by atoms with E-state index in [0.29, 0.717) is 6.54 Å². The van der Waals surface area contributed by atoms with Crippen molar-refractivity contribution in [1.82, 2.24) is 25.4 Å². The van der Waals surface area contributed by atoms with Gasteiger partial charge in [0.15, 0.2) is 5.96 Å². The molecule has 25 heavy (non-hydrogen) atoms. The van der Waals surface area contributed by atoms with E-state index in [2.05, 4.69) is 45.6 Å². The highest BCUT2D eigenvalue weighted by atomic mass is 127. The van der Waals surface area contributed by atoms with Gasteiger partial charge in [-0.25, -0.2) is 4.98 Å². The smallest absolute Gasteiger partial charge is 0.191 e. The lowest BCUT2D eigenvalue weighted by atomic mass is 9.86. The van der Waals surface area contributed by atoms with Crippen LogP contribution in [0.5, 0.6) is 0 Å². The summed E-state index contributed by atoms with van der Waals surface area (Å²) >= 11 is 6.07. The average Bonchev–Trinajstić information content (AvgIpc) is 2.92. The van der Waals surface area contributed by atoms with Crippen molar-refractivity contribution in [2.75, 3.05) is 13.6 Å². The molecule has 138 valence electrons. The van der Waals surface area contributed by atoms with Crippen LogP contribution in [0.25, 0.3) is 0 Å². The first-order valence-corrected chi connectivity index (χ1v) is 8.29. The Bertz CT molecular complexity index is 698. The van der Waals surface area contributed by atoms with Gasteiger partial charge >= 0.3 is 0 Å². The maximum atomic E-state index is 6.07. The van der Waals surface area contributed by atoms with Gasteiger partial charge in [-0.05, 0) is 29.5 Å². The quantitative estimate of drug-likeness (QED) is 0.382. The molecule has 8 heteroatoms. The van der Waals surface area contributed by atoms with Gasteiger partial charge in [0.05, 0.1) is 6.54 Å². The SMILES string of the molecule is CN=C(NCc1ncnn1C)NCC(C)(C)Cc1cccc(Cl)c1.I. The molecule has 0 unspecified atom stereocenters. The van der Waals surface area contributed by atoms with Crippen LogP contribution in [-0.4, -0.2) is 34.3 Å². The van der Waals surface area contributed by atoms with Crippen LogP contribution in [0.2, 0.25) is 5.02 Å². The average molecular weight is 477 g/mol. The molecular formula is C17H26ClIN6. The minimum Gasteiger partial charge on any atom is -0.356 e. The number of halogens is 2. The van der Waals surface area contributed by atoms with Gasteiger partial charge in [-0.15, -0.1) is 24.0 Å². The number of hydrogen-bond acceptors (Lipinski definition) is 3. The van der Waals surface area contributed by atoms with Gasteiger partial charge in [0, 0.05) is 25.7 Å². The number of guanidine groups is 1. The largest absolute Gasteiger partial charge is 0.356 e. The monoisotopic (exact) mass is 476 g/mol. The molecule has 2 rings (SSSR count). The maximum absolute atomic E-state index is 6.07. The Morgan fingerprint density at radius 1 is 1.32 bits per heavy atom. The highest BCUT2D eigenvalue weighted by molar-refractivity contribution is 14.0. The van der Waals surface area contributed by atoms with E-state index < -0.39 is 0 Å². The van der Waals surface area contributed by atoms with Gasteiger partial charge in [0.1, 0.15) is 12.2 Å². The lowest BCUT2D eigenvalue weighted by Gasteiger charge is -2.26. The summed E-state index contributed by atoms with van der Waals surface area (Å²) in [5.74, 6) is 1.60. The van der Waals surface area contributed by atoms with Crippen molar-refractivity contribution in [1.29, 1.82) is 0 Å². The van der Waals surface area contributed by atoms with Gasteiger partial charge in [-0.3, -0.25) is 9.67 Å². The molecule has 0 aliphatic carbocycles. The van der Waals surface area contributed by atoms with Gasteiger partial charge in [0.2, 0.25) is 0 Å². The summed E-state index contributed by atoms with van der Waals surface area (Å²) in [6.45, 7) is 5.80. The highest BCUT2D eigenvalue weighted by Gasteiger charge is 2.19. The van der Waals surface area contributed by atoms with Crippen molar-refractivity contribution in [2.24, 2.45) is 17.5 Å². The summed E-state index contributed by atoms with van der Waals surface area (Å²) in [7, 11) is 3.63. The van der Waals surface area contributed by atoms with Crippen LogP contribution in [-0.2, 0) is 20.0 Å². The summed E-state index contributed by atoms with van der Waals surface area (Å²) in [6, 6.07) is 8.01. The summed E-state index contributed by atoms with van der Waals surface area (Å²) in [4.78, 5) is 8.45. The lowest BCUT2D eigenvalue weighted by Crippen LogP contribution is -2.42. The maximum Gasteiger partial charge on any atom is 0.191 e. The fraction of sp³-hybridized carbons (Fsp3) is 0.471. The van der Waals surface area contributed by atoms with Crippen LogP contribution in [0.3, 0.4) is 0 Å². The van der Waals surface area contributed by atoms with Crippen LogP contribution >= 0.6 is 35.6 Å². The molecule has 0 spiro atoms. The van der Waals surface area contributed by atoms with E-state index in [9.17, 15) is 0 Å². The molecule has 1 aromatic carbocycles. The van der Waals surface area contributed by atoms with E-state index in [-0.39, 0.29) is 29.4 Å². The molecular weight excluding hydrogens is 451 g/mol. The van der Waals surface area contributed by atoms with E-state index in [1.54, 1.807) is 18.1 Å². The first-order valence-electron chi connectivity index (χ1n) is 7.91. The number of nitrogens with one attached hydrogen (secondary N) is 2. The minimum atomic E-state index is 0. The molecule has 0 bridgehead atoms. The third-order valence-electron chi connectivity index (χ3n) is 3.75. The molecule has 1 aromatic heterocycles. The zero-order valence-corrected chi connectivity index (χ0v) is 18.2. The first-order chi connectivity index (χ1) is 11.4. The highest BCUT2D eigenvalue weighted by Crippen LogP contribution is 2.22. The van der Waals surface area contributed by atoms with E-state index in [1.807, 2.05) is 25.2 Å². The van der Waals surface area contributed by atoms with E-state index in [0.717, 1.165) is 29.8 Å². The summed E-state index contributed by atoms with van der Waals surface area (Å²) in [6.07, 6.45) is 2.47. The molecule has 0 fully saturated rings. The fourth-order valence-corrected chi connectivity index (χ4v) is 2.66. The first kappa shape index (κ1) is 21.7. The van der Waals surface area contributed by atoms with Gasteiger partial charge in [0.25, 0.3) is 0 Å². The number of aromatic nitrogens is 3. The van der Waals surface area contributed by atoms with E-state index in [1.165, 1.54) is 5.56 Å². The minimum absolute atomic E-state index is 0. The number of aryl methyl sites for hydroxylation is 1. The van der Waals surface area contributed by atoms with Crippen LogP contribution in [0.1, 0.15) is 25.2 Å². The predicted molar refractivity (Wildman–Crippen MR) is 114 cm³/mol. The number of benzene rings is 1. The topological polar surface area (TPSA) is 67.1 Å². The van der Waals surface area contributed by atoms with Crippen LogP contribution in [0.15, 0.2) is 35.6 Å². The molecule has 0 radical (unpaired) electrons. The lowest BCUT2D eigenvalue weighted by molar-refractivity contribution is 0.359. The third kappa shape index (κ3) is 7.19. The van der Waals surface area contributed by atoms with Gasteiger partial charge < -0.3 is 10.6 Å². The molecule has 0 aliphatic rings. The number of rotatable bonds is 6. The third-order valence-corrected chi connectivity index (χ3v) is 3.98. The Labute approximate surface area is 171 Å². The number of nitrogens with zero attached hydrogens (tertiary/aromatic N) is 4. The molecule has 0 saturated carbocycles. The standard InChI is InChI=1S/C17H25ClN6.HI/c1-17(2,9-13-6-5-7-14(18)8-13)11-21-16(19-3)20-10-15-22-12-23-24(15)4;/h5-8,12H,9-11H2,1-4H3,(H2,19,20,21);1H. The normalized spacial score (nSPS) is 11.8. The molecule has 0 amide bonds. The van der Waals surface area contributed by atoms with Crippen molar-refractivity contribution < 1.29 is 0 Å². The molecule has 0 aliphatic heterocycles. The molecule has 0 atom stereocenters. The fourth-order valence-electron chi connectivity index (χ4n) is 2.45. The predicted octanol–water partition coefficient (Wildman–Crippen LogP) is 3.02. The Hall–Kier alpha value is -1.35. The zero-order valence-electron chi connectivity index (χ0n) is 15.1. The Morgan fingerprint density at radius 3 is 2.68 bits per heavy atom. The number of hydrogen-bond donors (Lipinski definition) is 2. The van der Waals surface area contributed by atoms with E-state index in [4.69, 9.17) is 11.6 Å². The van der Waals surface area contributed by atoms with Gasteiger partial charge in [-0.1, -0.05) is 37.6 Å². The molecule has 0 saturated heterocycles. The Kier molecular flexibility index (Phi) is 8.64. The van der Waals surface area contributed by atoms with Crippen LogP contribution in [0, 0.1) is 5.41 Å². The van der Waals surface area contributed by atoms with Crippen LogP contribution < -0.4 is 10.6 Å². The summed E-state index contributed by atoms with van der Waals surface area (Å²) in [5, 5.41) is 11.5. The van der Waals surface area contributed by atoms with E-state index >= 15 is 0 Å². The van der Waals surface area contributed by atoms with Crippen molar-refractivity contribution in [2.45, 2.75) is 26.8 Å². The van der Waals surface area contributed by atoms with Crippen molar-refractivity contribution in [3.63, 3.8) is 0 Å². The van der Waals surface area contributed by atoms with Crippen molar-refractivity contribution in [3.05, 3.63) is 47.0 Å². The summed E-state index contributed by atoms with van der Waals surface area (Å²) in [5.41, 5.74) is 1.30.